The van der Waals surface area contributed by atoms with Crippen LogP contribution in [-0.4, -0.2) is 25.8 Å². The molecule has 1 fully saturated rings. The summed E-state index contributed by atoms with van der Waals surface area (Å²) in [6.45, 7) is 1.96. The lowest BCUT2D eigenvalue weighted by Gasteiger charge is -2.22. The molecule has 1 saturated carbocycles. The molecule has 1 aliphatic carbocycles. The van der Waals surface area contributed by atoms with Crippen LogP contribution in [-0.2, 0) is 10.0 Å². The van der Waals surface area contributed by atoms with E-state index in [1.807, 2.05) is 6.92 Å². The van der Waals surface area contributed by atoms with Gasteiger partial charge in [0.15, 0.2) is 0 Å². The Morgan fingerprint density at radius 3 is 2.42 bits per heavy atom. The summed E-state index contributed by atoms with van der Waals surface area (Å²) in [6, 6.07) is 7.13. The van der Waals surface area contributed by atoms with E-state index < -0.39 is 10.0 Å². The molecule has 104 valence electrons. The van der Waals surface area contributed by atoms with Crippen LogP contribution < -0.4 is 0 Å². The predicted octanol–water partition coefficient (Wildman–Crippen LogP) is 3.37. The first-order chi connectivity index (χ1) is 8.90. The highest BCUT2D eigenvalue weighted by Gasteiger charge is 2.34. The Labute approximate surface area is 119 Å². The van der Waals surface area contributed by atoms with Crippen molar-refractivity contribution in [3.05, 3.63) is 40.3 Å². The third-order valence-electron chi connectivity index (χ3n) is 3.58. The van der Waals surface area contributed by atoms with E-state index in [9.17, 15) is 8.42 Å². The topological polar surface area (TPSA) is 37.4 Å². The number of sulfonamides is 1. The maximum atomic E-state index is 12.2. The van der Waals surface area contributed by atoms with E-state index in [2.05, 4.69) is 0 Å². The zero-order valence-electron chi connectivity index (χ0n) is 11.1. The highest BCUT2D eigenvalue weighted by Crippen LogP contribution is 2.35. The third kappa shape index (κ3) is 3.81. The molecular formula is C14H18ClNO2S. The summed E-state index contributed by atoms with van der Waals surface area (Å²) < 4.78 is 25.8. The molecule has 0 aromatic heterocycles. The van der Waals surface area contributed by atoms with Crippen molar-refractivity contribution in [3.63, 3.8) is 0 Å². The number of halogens is 1. The summed E-state index contributed by atoms with van der Waals surface area (Å²) >= 11 is 5.78. The molecule has 1 aromatic rings. The van der Waals surface area contributed by atoms with Crippen LogP contribution in [0.2, 0.25) is 5.02 Å². The van der Waals surface area contributed by atoms with E-state index in [4.69, 9.17) is 11.6 Å². The molecule has 1 unspecified atom stereocenters. The van der Waals surface area contributed by atoms with E-state index in [-0.39, 0.29) is 6.04 Å². The molecule has 5 heteroatoms. The summed E-state index contributed by atoms with van der Waals surface area (Å²) in [5, 5.41) is 1.90. The number of hydrogen-bond acceptors (Lipinski definition) is 2. The van der Waals surface area contributed by atoms with Crippen LogP contribution in [0.5, 0.6) is 0 Å². The molecule has 0 radical (unpaired) electrons. The van der Waals surface area contributed by atoms with Gasteiger partial charge in [0.1, 0.15) is 0 Å². The standard InChI is InChI=1S/C14H18ClNO2S/c1-11(13-5-6-13)16(2)19(17,18)10-9-12-3-7-14(15)8-4-12/h3-4,7-11,13H,5-6H2,1-2H3/b10-9+. The van der Waals surface area contributed by atoms with Crippen LogP contribution in [0.4, 0.5) is 0 Å². The van der Waals surface area contributed by atoms with E-state index in [0.717, 1.165) is 18.4 Å². The fraction of sp³-hybridized carbons (Fsp3) is 0.429. The maximum Gasteiger partial charge on any atom is 0.236 e. The van der Waals surface area contributed by atoms with Gasteiger partial charge in [-0.25, -0.2) is 8.42 Å². The van der Waals surface area contributed by atoms with Gasteiger partial charge in [0.05, 0.1) is 0 Å². The summed E-state index contributed by atoms with van der Waals surface area (Å²) in [6.07, 6.45) is 3.85. The Morgan fingerprint density at radius 2 is 1.89 bits per heavy atom. The Bertz CT molecular complexity index is 562. The minimum Gasteiger partial charge on any atom is -0.208 e. The number of benzene rings is 1. The van der Waals surface area contributed by atoms with Gasteiger partial charge in [-0.3, -0.25) is 0 Å². The monoisotopic (exact) mass is 299 g/mol. The number of rotatable bonds is 5. The summed E-state index contributed by atoms with van der Waals surface area (Å²) in [7, 11) is -1.71. The van der Waals surface area contributed by atoms with E-state index in [1.54, 1.807) is 37.4 Å². The average Bonchev–Trinajstić information content (AvgIpc) is 3.20. The van der Waals surface area contributed by atoms with Crippen molar-refractivity contribution in [1.29, 1.82) is 0 Å². The highest BCUT2D eigenvalue weighted by atomic mass is 35.5. The van der Waals surface area contributed by atoms with Gasteiger partial charge in [0.2, 0.25) is 10.0 Å². The fourth-order valence-electron chi connectivity index (χ4n) is 1.94. The van der Waals surface area contributed by atoms with Crippen LogP contribution in [0, 0.1) is 5.92 Å². The third-order valence-corrected chi connectivity index (χ3v) is 5.45. The smallest absolute Gasteiger partial charge is 0.208 e. The lowest BCUT2D eigenvalue weighted by Crippen LogP contribution is -2.35. The van der Waals surface area contributed by atoms with Gasteiger partial charge < -0.3 is 0 Å². The molecular weight excluding hydrogens is 282 g/mol. The quantitative estimate of drug-likeness (QED) is 0.836. The lowest BCUT2D eigenvalue weighted by molar-refractivity contribution is 0.361. The van der Waals surface area contributed by atoms with Crippen molar-refractivity contribution in [2.45, 2.75) is 25.8 Å². The van der Waals surface area contributed by atoms with E-state index in [1.165, 1.54) is 9.71 Å². The highest BCUT2D eigenvalue weighted by molar-refractivity contribution is 7.92. The van der Waals surface area contributed by atoms with Crippen LogP contribution in [0.1, 0.15) is 25.3 Å². The molecule has 3 nitrogen and oxygen atoms in total. The minimum absolute atomic E-state index is 0.0693. The first kappa shape index (κ1) is 14.6. The Hall–Kier alpha value is -0.840. The normalized spacial score (nSPS) is 18.1. The van der Waals surface area contributed by atoms with Crippen molar-refractivity contribution < 1.29 is 8.42 Å². The number of nitrogens with zero attached hydrogens (tertiary/aromatic N) is 1. The van der Waals surface area contributed by atoms with E-state index >= 15 is 0 Å². The molecule has 1 atom stereocenters. The lowest BCUT2D eigenvalue weighted by atomic mass is 10.2. The molecule has 19 heavy (non-hydrogen) atoms. The zero-order chi connectivity index (χ0) is 14.0. The predicted molar refractivity (Wildman–Crippen MR) is 79.4 cm³/mol. The molecule has 2 rings (SSSR count). The van der Waals surface area contributed by atoms with Gasteiger partial charge >= 0.3 is 0 Å². The van der Waals surface area contributed by atoms with Gasteiger partial charge in [0.25, 0.3) is 0 Å². The van der Waals surface area contributed by atoms with Crippen LogP contribution >= 0.6 is 11.6 Å². The van der Waals surface area contributed by atoms with Crippen molar-refractivity contribution in [2.24, 2.45) is 5.92 Å². The summed E-state index contributed by atoms with van der Waals surface area (Å²) in [4.78, 5) is 0. The molecule has 1 aliphatic rings. The van der Waals surface area contributed by atoms with Crippen molar-refractivity contribution in [2.75, 3.05) is 7.05 Å². The van der Waals surface area contributed by atoms with Gasteiger partial charge in [-0.15, -0.1) is 0 Å². The van der Waals surface area contributed by atoms with Crippen molar-refractivity contribution >= 4 is 27.7 Å². The molecule has 0 N–H and O–H groups in total. The van der Waals surface area contributed by atoms with Crippen LogP contribution in [0.25, 0.3) is 6.08 Å². The molecule has 0 bridgehead atoms. The first-order valence-corrected chi connectivity index (χ1v) is 8.20. The fourth-order valence-corrected chi connectivity index (χ4v) is 3.22. The summed E-state index contributed by atoms with van der Waals surface area (Å²) in [5.74, 6) is 0.517. The first-order valence-electron chi connectivity index (χ1n) is 6.32. The van der Waals surface area contributed by atoms with E-state index in [0.29, 0.717) is 10.9 Å². The van der Waals surface area contributed by atoms with Crippen LogP contribution in [0.3, 0.4) is 0 Å². The van der Waals surface area contributed by atoms with Gasteiger partial charge in [0, 0.05) is 23.5 Å². The number of hydrogen-bond donors (Lipinski definition) is 0. The zero-order valence-corrected chi connectivity index (χ0v) is 12.7. The van der Waals surface area contributed by atoms with Crippen molar-refractivity contribution in [1.82, 2.24) is 4.31 Å². The Morgan fingerprint density at radius 1 is 1.32 bits per heavy atom. The average molecular weight is 300 g/mol. The van der Waals surface area contributed by atoms with Crippen molar-refractivity contribution in [3.8, 4) is 0 Å². The minimum atomic E-state index is -3.35. The largest absolute Gasteiger partial charge is 0.236 e. The SMILES string of the molecule is CC(C1CC1)N(C)S(=O)(=O)/C=C/c1ccc(Cl)cc1. The molecule has 0 saturated heterocycles. The molecule has 0 aliphatic heterocycles. The second kappa shape index (κ2) is 5.65. The second-order valence-electron chi connectivity index (χ2n) is 4.99. The van der Waals surface area contributed by atoms with Gasteiger partial charge in [-0.1, -0.05) is 23.7 Å². The molecule has 0 amide bonds. The Balaban J connectivity index is 2.09. The molecule has 0 heterocycles. The van der Waals surface area contributed by atoms with Gasteiger partial charge in [-0.2, -0.15) is 4.31 Å². The van der Waals surface area contributed by atoms with Crippen LogP contribution in [0.15, 0.2) is 29.7 Å². The maximum absolute atomic E-state index is 12.2. The Kier molecular flexibility index (Phi) is 4.33. The molecule has 0 spiro atoms. The summed E-state index contributed by atoms with van der Waals surface area (Å²) in [5.41, 5.74) is 0.820. The second-order valence-corrected chi connectivity index (χ2v) is 7.31. The molecule has 1 aromatic carbocycles. The van der Waals surface area contributed by atoms with Gasteiger partial charge in [-0.05, 0) is 49.5 Å².